The molecule has 2 rings (SSSR count). The number of carbonyl (C=O) groups excluding carboxylic acids is 2. The van der Waals surface area contributed by atoms with Crippen LogP contribution in [0.5, 0.6) is 0 Å². The van der Waals surface area contributed by atoms with E-state index in [1.165, 1.54) is 0 Å². The molecule has 0 bridgehead atoms. The number of hydrogen-bond acceptors (Lipinski definition) is 5. The number of ether oxygens (including phenoxy) is 2. The molecule has 1 atom stereocenters. The summed E-state index contributed by atoms with van der Waals surface area (Å²) in [6, 6.07) is 0. The molecule has 0 saturated carbocycles. The van der Waals surface area contributed by atoms with Crippen molar-refractivity contribution in [3.05, 3.63) is 12.2 Å². The first-order valence-electron chi connectivity index (χ1n) is 8.64. The molecule has 2 aliphatic heterocycles. The fourth-order valence-corrected chi connectivity index (χ4v) is 3.30. The summed E-state index contributed by atoms with van der Waals surface area (Å²) in [4.78, 5) is 27.6. The topological polar surface area (TPSA) is 85.1 Å². The molecule has 0 spiro atoms. The number of nitrogens with two attached hydrogens (primary N) is 1. The molecule has 0 aliphatic carbocycles. The summed E-state index contributed by atoms with van der Waals surface area (Å²) >= 11 is 0. The summed E-state index contributed by atoms with van der Waals surface area (Å²) in [6.07, 6.45) is 6.12. The minimum Gasteiger partial charge on any atom is -0.379 e. The van der Waals surface area contributed by atoms with E-state index in [2.05, 4.69) is 4.90 Å². The minimum absolute atomic E-state index is 0.00320. The van der Waals surface area contributed by atoms with E-state index < -0.39 is 5.60 Å². The van der Waals surface area contributed by atoms with E-state index >= 15 is 0 Å². The molecular weight excluding hydrogens is 310 g/mol. The lowest BCUT2D eigenvalue weighted by atomic mass is 9.87. The number of methoxy groups -OCH3 is 1. The lowest BCUT2D eigenvalue weighted by Gasteiger charge is -2.41. The molecule has 2 N–H and O–H groups in total. The number of nitrogens with zero attached hydrogens (tertiary/aromatic N) is 2. The van der Waals surface area contributed by atoms with Crippen LogP contribution in [0.2, 0.25) is 0 Å². The Balaban J connectivity index is 1.85. The number of morpholine rings is 1. The quantitative estimate of drug-likeness (QED) is 0.667. The lowest BCUT2D eigenvalue weighted by Crippen LogP contribution is -2.51. The third kappa shape index (κ3) is 5.58. The van der Waals surface area contributed by atoms with Gasteiger partial charge in [-0.15, -0.1) is 0 Å². The predicted molar refractivity (Wildman–Crippen MR) is 90.4 cm³/mol. The van der Waals surface area contributed by atoms with E-state index in [9.17, 15) is 9.59 Å². The van der Waals surface area contributed by atoms with Gasteiger partial charge in [-0.3, -0.25) is 14.5 Å². The van der Waals surface area contributed by atoms with Gasteiger partial charge < -0.3 is 20.1 Å². The molecular formula is C17H29N3O4. The average Bonchev–Trinajstić information content (AvgIpc) is 2.61. The van der Waals surface area contributed by atoms with Gasteiger partial charge in [0.1, 0.15) is 0 Å². The van der Waals surface area contributed by atoms with Crippen molar-refractivity contribution in [3.63, 3.8) is 0 Å². The first kappa shape index (κ1) is 18.9. The minimum atomic E-state index is -0.457. The summed E-state index contributed by atoms with van der Waals surface area (Å²) in [5.41, 5.74) is 4.80. The van der Waals surface area contributed by atoms with Gasteiger partial charge in [-0.25, -0.2) is 0 Å². The highest BCUT2D eigenvalue weighted by molar-refractivity contribution is 5.87. The largest absolute Gasteiger partial charge is 0.379 e. The van der Waals surface area contributed by atoms with Gasteiger partial charge in [-0.2, -0.15) is 0 Å². The Kier molecular flexibility index (Phi) is 7.20. The molecule has 0 aromatic heterocycles. The standard InChI is InChI=1S/C17H29N3O4/c1-23-17(7-5-15(18)21)6-3-9-20(14-17)16(22)4-2-8-19-10-12-24-13-11-19/h2,4H,3,5-14H2,1H3,(H2,18,21)/b4-2+/t17-/m0/s1. The van der Waals surface area contributed by atoms with Gasteiger partial charge in [0.2, 0.25) is 11.8 Å². The smallest absolute Gasteiger partial charge is 0.246 e. The molecule has 0 unspecified atom stereocenters. The van der Waals surface area contributed by atoms with Crippen LogP contribution in [0.25, 0.3) is 0 Å². The summed E-state index contributed by atoms with van der Waals surface area (Å²) < 4.78 is 11.0. The first-order chi connectivity index (χ1) is 11.5. The third-order valence-corrected chi connectivity index (χ3v) is 4.84. The van der Waals surface area contributed by atoms with Crippen molar-refractivity contribution in [2.75, 3.05) is 53.0 Å². The van der Waals surface area contributed by atoms with E-state index in [0.717, 1.165) is 52.2 Å². The molecule has 0 radical (unpaired) electrons. The van der Waals surface area contributed by atoms with Crippen molar-refractivity contribution >= 4 is 11.8 Å². The Morgan fingerprint density at radius 3 is 2.71 bits per heavy atom. The van der Waals surface area contributed by atoms with Gasteiger partial charge in [0.05, 0.1) is 18.8 Å². The zero-order chi connectivity index (χ0) is 17.4. The van der Waals surface area contributed by atoms with Crippen molar-refractivity contribution in [1.29, 1.82) is 0 Å². The van der Waals surface area contributed by atoms with Gasteiger partial charge in [-0.05, 0) is 19.3 Å². The van der Waals surface area contributed by atoms with E-state index in [1.54, 1.807) is 13.2 Å². The molecule has 7 nitrogen and oxygen atoms in total. The average molecular weight is 339 g/mol. The maximum Gasteiger partial charge on any atom is 0.246 e. The fraction of sp³-hybridized carbons (Fsp3) is 0.765. The zero-order valence-electron chi connectivity index (χ0n) is 14.5. The number of amides is 2. The molecule has 2 amide bonds. The predicted octanol–water partition coefficient (Wildman–Crippen LogP) is 0.148. The van der Waals surface area contributed by atoms with E-state index in [-0.39, 0.29) is 18.2 Å². The van der Waals surface area contributed by atoms with Crippen molar-refractivity contribution < 1.29 is 19.1 Å². The van der Waals surface area contributed by atoms with Crippen LogP contribution in [0.1, 0.15) is 25.7 Å². The number of primary amides is 1. The van der Waals surface area contributed by atoms with Gasteiger partial charge in [-0.1, -0.05) is 6.08 Å². The van der Waals surface area contributed by atoms with E-state index in [4.69, 9.17) is 15.2 Å². The highest BCUT2D eigenvalue weighted by Gasteiger charge is 2.36. The molecule has 2 heterocycles. The Morgan fingerprint density at radius 1 is 1.29 bits per heavy atom. The molecule has 24 heavy (non-hydrogen) atoms. The van der Waals surface area contributed by atoms with Crippen LogP contribution in [0.15, 0.2) is 12.2 Å². The Hall–Kier alpha value is -1.44. The number of carbonyl (C=O) groups is 2. The molecule has 0 aromatic carbocycles. The van der Waals surface area contributed by atoms with Crippen LogP contribution in [0.3, 0.4) is 0 Å². The maximum absolute atomic E-state index is 12.4. The second-order valence-corrected chi connectivity index (χ2v) is 6.53. The van der Waals surface area contributed by atoms with Crippen molar-refractivity contribution in [2.45, 2.75) is 31.3 Å². The Morgan fingerprint density at radius 2 is 2.04 bits per heavy atom. The molecule has 2 saturated heterocycles. The summed E-state index contributed by atoms with van der Waals surface area (Å²) in [7, 11) is 1.64. The summed E-state index contributed by atoms with van der Waals surface area (Å²) in [6.45, 7) is 5.32. The van der Waals surface area contributed by atoms with Gasteiger partial charge in [0.25, 0.3) is 0 Å². The number of hydrogen-bond donors (Lipinski definition) is 1. The monoisotopic (exact) mass is 339 g/mol. The van der Waals surface area contributed by atoms with Gasteiger partial charge in [0, 0.05) is 52.3 Å². The lowest BCUT2D eigenvalue weighted by molar-refractivity contribution is -0.136. The first-order valence-corrected chi connectivity index (χ1v) is 8.64. The Bertz CT molecular complexity index is 463. The molecule has 136 valence electrons. The Labute approximate surface area is 143 Å². The third-order valence-electron chi connectivity index (χ3n) is 4.84. The van der Waals surface area contributed by atoms with Crippen LogP contribution < -0.4 is 5.73 Å². The van der Waals surface area contributed by atoms with Crippen LogP contribution in [-0.2, 0) is 19.1 Å². The molecule has 7 heteroatoms. The zero-order valence-corrected chi connectivity index (χ0v) is 14.5. The summed E-state index contributed by atoms with van der Waals surface area (Å²) in [5.74, 6) is -0.330. The van der Waals surface area contributed by atoms with Crippen molar-refractivity contribution in [2.24, 2.45) is 5.73 Å². The van der Waals surface area contributed by atoms with E-state index in [0.29, 0.717) is 13.0 Å². The van der Waals surface area contributed by atoms with Crippen LogP contribution in [0.4, 0.5) is 0 Å². The molecule has 2 aliphatic rings. The highest BCUT2D eigenvalue weighted by atomic mass is 16.5. The highest BCUT2D eigenvalue weighted by Crippen LogP contribution is 2.29. The maximum atomic E-state index is 12.4. The van der Waals surface area contributed by atoms with Gasteiger partial charge >= 0.3 is 0 Å². The van der Waals surface area contributed by atoms with Crippen molar-refractivity contribution in [3.8, 4) is 0 Å². The SMILES string of the molecule is CO[C@]1(CCC(N)=O)CCCN(C(=O)/C=C/CN2CCOCC2)C1. The van der Waals surface area contributed by atoms with Crippen molar-refractivity contribution in [1.82, 2.24) is 9.80 Å². The molecule has 0 aromatic rings. The second-order valence-electron chi connectivity index (χ2n) is 6.53. The number of likely N-dealkylation sites (tertiary alicyclic amines) is 1. The molecule has 2 fully saturated rings. The van der Waals surface area contributed by atoms with Crippen LogP contribution in [0, 0.1) is 0 Å². The number of rotatable bonds is 7. The van der Waals surface area contributed by atoms with E-state index in [1.807, 2.05) is 11.0 Å². The van der Waals surface area contributed by atoms with Gasteiger partial charge in [0.15, 0.2) is 0 Å². The fourth-order valence-electron chi connectivity index (χ4n) is 3.30. The van der Waals surface area contributed by atoms with Crippen LogP contribution >= 0.6 is 0 Å². The second kappa shape index (κ2) is 9.15. The number of piperidine rings is 1. The normalized spacial score (nSPS) is 26.0. The van der Waals surface area contributed by atoms with Crippen LogP contribution in [-0.4, -0.2) is 80.3 Å². The summed E-state index contributed by atoms with van der Waals surface area (Å²) in [5, 5.41) is 0.